The van der Waals surface area contributed by atoms with Crippen molar-refractivity contribution in [3.05, 3.63) is 35.9 Å². The summed E-state index contributed by atoms with van der Waals surface area (Å²) in [6.07, 6.45) is 0.0610. The highest BCUT2D eigenvalue weighted by atomic mass is 16.5. The molecule has 1 N–H and O–H groups in total. The smallest absolute Gasteiger partial charge is 0.323 e. The van der Waals surface area contributed by atoms with Crippen molar-refractivity contribution in [2.75, 3.05) is 13.1 Å². The van der Waals surface area contributed by atoms with E-state index in [1.165, 1.54) is 4.90 Å². The topological polar surface area (TPSA) is 66.8 Å². The van der Waals surface area contributed by atoms with Crippen molar-refractivity contribution in [1.82, 2.24) is 4.90 Å². The summed E-state index contributed by atoms with van der Waals surface area (Å²) in [5.41, 5.74) is 0.979. The molecule has 0 aliphatic rings. The molecule has 1 unspecified atom stereocenters. The molecule has 0 spiro atoms. The number of carboxylic acids is 1. The van der Waals surface area contributed by atoms with E-state index in [9.17, 15) is 9.59 Å². The minimum Gasteiger partial charge on any atom is -0.480 e. The van der Waals surface area contributed by atoms with E-state index in [0.717, 1.165) is 5.56 Å². The first kappa shape index (κ1) is 16.2. The summed E-state index contributed by atoms with van der Waals surface area (Å²) in [7, 11) is 0. The summed E-state index contributed by atoms with van der Waals surface area (Å²) in [6.45, 7) is 4.02. The average Bonchev–Trinajstić information content (AvgIpc) is 2.44. The third kappa shape index (κ3) is 5.40. The Bertz CT molecular complexity index is 433. The van der Waals surface area contributed by atoms with Gasteiger partial charge in [-0.2, -0.15) is 0 Å². The highest BCUT2D eigenvalue weighted by Crippen LogP contribution is 2.06. The van der Waals surface area contributed by atoms with E-state index < -0.39 is 12.1 Å². The molecule has 20 heavy (non-hydrogen) atoms. The van der Waals surface area contributed by atoms with Gasteiger partial charge in [-0.1, -0.05) is 37.3 Å². The van der Waals surface area contributed by atoms with E-state index >= 15 is 0 Å². The van der Waals surface area contributed by atoms with Crippen LogP contribution in [0, 0.1) is 0 Å². The first-order valence-corrected chi connectivity index (χ1v) is 6.70. The first-order chi connectivity index (χ1) is 9.54. The molecule has 0 aliphatic carbocycles. The number of nitrogens with zero attached hydrogens (tertiary/aromatic N) is 1. The van der Waals surface area contributed by atoms with Gasteiger partial charge in [-0.3, -0.25) is 9.59 Å². The van der Waals surface area contributed by atoms with Crippen molar-refractivity contribution >= 4 is 11.9 Å². The van der Waals surface area contributed by atoms with Crippen molar-refractivity contribution in [2.24, 2.45) is 0 Å². The van der Waals surface area contributed by atoms with Gasteiger partial charge in [0.25, 0.3) is 5.91 Å². The van der Waals surface area contributed by atoms with E-state index in [0.29, 0.717) is 19.6 Å². The fourth-order valence-electron chi connectivity index (χ4n) is 1.82. The zero-order valence-corrected chi connectivity index (χ0v) is 11.9. The SMILES string of the molecule is CCCN(CC(=O)O)C(=O)C(C)OCc1ccccc1. The van der Waals surface area contributed by atoms with Crippen LogP contribution < -0.4 is 0 Å². The number of benzene rings is 1. The van der Waals surface area contributed by atoms with Gasteiger partial charge in [0.15, 0.2) is 0 Å². The van der Waals surface area contributed by atoms with Gasteiger partial charge in [0, 0.05) is 6.54 Å². The van der Waals surface area contributed by atoms with Gasteiger partial charge >= 0.3 is 5.97 Å². The Hall–Kier alpha value is -1.88. The molecule has 1 aromatic rings. The third-order valence-electron chi connectivity index (χ3n) is 2.82. The molecule has 1 atom stereocenters. The van der Waals surface area contributed by atoms with Crippen molar-refractivity contribution in [3.63, 3.8) is 0 Å². The minimum absolute atomic E-state index is 0.286. The second-order valence-corrected chi connectivity index (χ2v) is 4.59. The zero-order valence-electron chi connectivity index (χ0n) is 11.9. The van der Waals surface area contributed by atoms with Crippen LogP contribution >= 0.6 is 0 Å². The molecule has 0 aromatic heterocycles. The molecule has 5 heteroatoms. The van der Waals surface area contributed by atoms with Crippen LogP contribution in [0.25, 0.3) is 0 Å². The van der Waals surface area contributed by atoms with Gasteiger partial charge in [-0.15, -0.1) is 0 Å². The predicted molar refractivity (Wildman–Crippen MR) is 75.2 cm³/mol. The van der Waals surface area contributed by atoms with Gasteiger partial charge in [0.05, 0.1) is 6.61 Å². The summed E-state index contributed by atoms with van der Waals surface area (Å²) in [4.78, 5) is 24.2. The summed E-state index contributed by atoms with van der Waals surface area (Å²) in [6, 6.07) is 9.54. The molecule has 0 fully saturated rings. The van der Waals surface area contributed by atoms with Gasteiger partial charge in [0.1, 0.15) is 12.6 Å². The van der Waals surface area contributed by atoms with Gasteiger partial charge < -0.3 is 14.7 Å². The Morgan fingerprint density at radius 3 is 2.50 bits per heavy atom. The number of carbonyl (C=O) groups excluding carboxylic acids is 1. The van der Waals surface area contributed by atoms with Gasteiger partial charge in [-0.05, 0) is 18.9 Å². The fourth-order valence-corrected chi connectivity index (χ4v) is 1.82. The molecule has 1 rings (SSSR count). The molecule has 5 nitrogen and oxygen atoms in total. The monoisotopic (exact) mass is 279 g/mol. The Balaban J connectivity index is 2.53. The average molecular weight is 279 g/mol. The van der Waals surface area contributed by atoms with Crippen LogP contribution in [0.2, 0.25) is 0 Å². The number of ether oxygens (including phenoxy) is 1. The predicted octanol–water partition coefficient (Wildman–Crippen LogP) is 1.91. The lowest BCUT2D eigenvalue weighted by atomic mass is 10.2. The molecule has 0 bridgehead atoms. The second kappa shape index (κ2) is 8.32. The summed E-state index contributed by atoms with van der Waals surface area (Å²) >= 11 is 0. The Morgan fingerprint density at radius 1 is 1.30 bits per heavy atom. The van der Waals surface area contributed by atoms with Crippen LogP contribution in [0.3, 0.4) is 0 Å². The number of rotatable bonds is 8. The number of hydrogen-bond acceptors (Lipinski definition) is 3. The number of amides is 1. The Labute approximate surface area is 119 Å². The first-order valence-electron chi connectivity index (χ1n) is 6.70. The van der Waals surface area contributed by atoms with Crippen LogP contribution in [-0.4, -0.2) is 41.1 Å². The Kier molecular flexibility index (Phi) is 6.73. The van der Waals surface area contributed by atoms with Crippen molar-refractivity contribution < 1.29 is 19.4 Å². The molecular formula is C15H21NO4. The van der Waals surface area contributed by atoms with E-state index in [1.807, 2.05) is 37.3 Å². The maximum Gasteiger partial charge on any atom is 0.323 e. The maximum absolute atomic E-state index is 12.1. The lowest BCUT2D eigenvalue weighted by Crippen LogP contribution is -2.42. The van der Waals surface area contributed by atoms with Crippen molar-refractivity contribution in [1.29, 1.82) is 0 Å². The normalized spacial score (nSPS) is 11.9. The molecule has 0 heterocycles. The summed E-state index contributed by atoms with van der Waals surface area (Å²) in [5.74, 6) is -1.30. The minimum atomic E-state index is -1.01. The lowest BCUT2D eigenvalue weighted by Gasteiger charge is -2.23. The number of carbonyl (C=O) groups is 2. The van der Waals surface area contributed by atoms with E-state index in [4.69, 9.17) is 9.84 Å². The van der Waals surface area contributed by atoms with Crippen LogP contribution in [-0.2, 0) is 20.9 Å². The van der Waals surface area contributed by atoms with E-state index in [-0.39, 0.29) is 12.5 Å². The van der Waals surface area contributed by atoms with Crippen molar-refractivity contribution in [3.8, 4) is 0 Å². The largest absolute Gasteiger partial charge is 0.480 e. The van der Waals surface area contributed by atoms with Crippen LogP contribution in [0.4, 0.5) is 0 Å². The van der Waals surface area contributed by atoms with Gasteiger partial charge in [0.2, 0.25) is 0 Å². The molecule has 0 radical (unpaired) electrons. The van der Waals surface area contributed by atoms with Crippen LogP contribution in [0.15, 0.2) is 30.3 Å². The quantitative estimate of drug-likeness (QED) is 0.789. The summed E-state index contributed by atoms with van der Waals surface area (Å²) < 4.78 is 5.51. The molecule has 1 aromatic carbocycles. The molecule has 110 valence electrons. The molecule has 0 saturated heterocycles. The Morgan fingerprint density at radius 2 is 1.95 bits per heavy atom. The highest BCUT2D eigenvalue weighted by Gasteiger charge is 2.22. The van der Waals surface area contributed by atoms with Gasteiger partial charge in [-0.25, -0.2) is 0 Å². The molecular weight excluding hydrogens is 258 g/mol. The highest BCUT2D eigenvalue weighted by molar-refractivity contribution is 5.84. The fraction of sp³-hybridized carbons (Fsp3) is 0.467. The number of aliphatic carboxylic acids is 1. The van der Waals surface area contributed by atoms with Crippen LogP contribution in [0.1, 0.15) is 25.8 Å². The number of carboxylic acid groups (broad SMARTS) is 1. The third-order valence-corrected chi connectivity index (χ3v) is 2.82. The van der Waals surface area contributed by atoms with Crippen molar-refractivity contribution in [2.45, 2.75) is 33.0 Å². The molecule has 1 amide bonds. The van der Waals surface area contributed by atoms with E-state index in [1.54, 1.807) is 6.92 Å². The number of hydrogen-bond donors (Lipinski definition) is 1. The molecule has 0 aliphatic heterocycles. The second-order valence-electron chi connectivity index (χ2n) is 4.59. The van der Waals surface area contributed by atoms with E-state index in [2.05, 4.69) is 0 Å². The lowest BCUT2D eigenvalue weighted by molar-refractivity contribution is -0.150. The summed E-state index contributed by atoms with van der Waals surface area (Å²) in [5, 5.41) is 8.81. The molecule has 0 saturated carbocycles. The van der Waals surface area contributed by atoms with Crippen LogP contribution in [0.5, 0.6) is 0 Å². The maximum atomic E-state index is 12.1. The zero-order chi connectivity index (χ0) is 15.0. The standard InChI is InChI=1S/C15H21NO4/c1-3-9-16(10-14(17)18)15(19)12(2)20-11-13-7-5-4-6-8-13/h4-8,12H,3,9-11H2,1-2H3,(H,17,18).